The van der Waals surface area contributed by atoms with Crippen LogP contribution >= 0.6 is 23.4 Å². The molecular formula is C26H26ClN4O3S-. The minimum Gasteiger partial charge on any atom is -0.858 e. The molecule has 1 fully saturated rings. The van der Waals surface area contributed by atoms with Crippen molar-refractivity contribution in [2.24, 2.45) is 0 Å². The molecule has 3 aromatic carbocycles. The van der Waals surface area contributed by atoms with Crippen LogP contribution in [0.15, 0.2) is 93.4 Å². The first-order valence-electron chi connectivity index (χ1n) is 11.0. The minimum absolute atomic E-state index is 0. The van der Waals surface area contributed by atoms with Gasteiger partial charge >= 0.3 is 0 Å². The standard InChI is InChI=1S/C26H24ClN3O3S.H3N/c27-21-11-4-5-12-22(21)34-24-25(31)28-30(26(24)32)23(18-7-2-1-3-8-18)19-9-6-10-20(17-19)29-13-15-33-16-14-29;/h1-12,17,23,32H,13-16H2,(H,28,31);1H3/p-1. The van der Waals surface area contributed by atoms with E-state index in [1.54, 1.807) is 12.1 Å². The van der Waals surface area contributed by atoms with Gasteiger partial charge in [0.15, 0.2) is 0 Å². The average molecular weight is 510 g/mol. The Labute approximate surface area is 212 Å². The van der Waals surface area contributed by atoms with Gasteiger partial charge in [-0.2, -0.15) is 0 Å². The molecule has 9 heteroatoms. The van der Waals surface area contributed by atoms with Crippen molar-refractivity contribution in [2.75, 3.05) is 31.2 Å². The van der Waals surface area contributed by atoms with Gasteiger partial charge in [-0.15, -0.1) is 0 Å². The van der Waals surface area contributed by atoms with E-state index in [0.29, 0.717) is 23.1 Å². The van der Waals surface area contributed by atoms with Crippen LogP contribution in [-0.4, -0.2) is 36.1 Å². The highest BCUT2D eigenvalue weighted by molar-refractivity contribution is 7.99. The molecule has 1 aromatic heterocycles. The van der Waals surface area contributed by atoms with Crippen molar-refractivity contribution < 1.29 is 9.84 Å². The Bertz CT molecular complexity index is 1340. The van der Waals surface area contributed by atoms with Crippen LogP contribution in [0.25, 0.3) is 0 Å². The summed E-state index contributed by atoms with van der Waals surface area (Å²) in [6, 6.07) is 24.5. The van der Waals surface area contributed by atoms with Gasteiger partial charge in [-0.3, -0.25) is 14.6 Å². The molecule has 0 spiro atoms. The number of benzene rings is 3. The molecule has 35 heavy (non-hydrogen) atoms. The summed E-state index contributed by atoms with van der Waals surface area (Å²) in [6.07, 6.45) is 0. The number of ether oxygens (including phenoxy) is 1. The predicted octanol–water partition coefficient (Wildman–Crippen LogP) is 4.69. The number of aromatic nitrogens is 2. The molecule has 1 unspecified atom stereocenters. The molecule has 0 radical (unpaired) electrons. The Balaban J connectivity index is 0.00000289. The molecule has 1 saturated heterocycles. The summed E-state index contributed by atoms with van der Waals surface area (Å²) in [6.45, 7) is 2.99. The number of H-pyrrole nitrogens is 1. The molecule has 182 valence electrons. The number of nitrogens with one attached hydrogen (secondary N) is 1. The molecule has 5 rings (SSSR count). The van der Waals surface area contributed by atoms with E-state index < -0.39 is 11.6 Å². The maximum atomic E-state index is 13.5. The quantitative estimate of drug-likeness (QED) is 0.390. The van der Waals surface area contributed by atoms with Crippen molar-refractivity contribution in [1.82, 2.24) is 15.9 Å². The fourth-order valence-electron chi connectivity index (χ4n) is 4.17. The number of morpholine rings is 1. The van der Waals surface area contributed by atoms with Crippen LogP contribution in [-0.2, 0) is 4.74 Å². The number of halogens is 1. The number of nitrogens with zero attached hydrogens (tertiary/aromatic N) is 2. The molecular weight excluding hydrogens is 484 g/mol. The minimum atomic E-state index is -0.483. The van der Waals surface area contributed by atoms with Gasteiger partial charge in [-0.25, -0.2) is 0 Å². The SMILES string of the molecule is N.O=c1[nH]n(C(c2ccccc2)c2cccc(N3CCOCC3)c2)c([O-])c1Sc1ccccc1Cl. The van der Waals surface area contributed by atoms with Crippen molar-refractivity contribution >= 4 is 29.1 Å². The Morgan fingerprint density at radius 2 is 1.63 bits per heavy atom. The fraction of sp³-hybridized carbons (Fsp3) is 0.192. The third kappa shape index (κ3) is 5.26. The Morgan fingerprint density at radius 3 is 2.37 bits per heavy atom. The van der Waals surface area contributed by atoms with Crippen LogP contribution < -0.4 is 21.7 Å². The molecule has 2 heterocycles. The summed E-state index contributed by atoms with van der Waals surface area (Å²) in [7, 11) is 0. The molecule has 0 amide bonds. The van der Waals surface area contributed by atoms with E-state index >= 15 is 0 Å². The van der Waals surface area contributed by atoms with Gasteiger partial charge < -0.3 is 20.9 Å². The van der Waals surface area contributed by atoms with Gasteiger partial charge in [0.2, 0.25) is 0 Å². The van der Waals surface area contributed by atoms with Crippen LogP contribution in [0.1, 0.15) is 17.2 Å². The maximum absolute atomic E-state index is 13.5. The topological polar surface area (TPSA) is 108 Å². The molecule has 1 aliphatic heterocycles. The first kappa shape index (κ1) is 24.9. The van der Waals surface area contributed by atoms with Crippen molar-refractivity contribution in [3.8, 4) is 5.88 Å². The third-order valence-electron chi connectivity index (χ3n) is 5.83. The second-order valence-corrected chi connectivity index (χ2v) is 9.44. The largest absolute Gasteiger partial charge is 0.858 e. The van der Waals surface area contributed by atoms with Gasteiger partial charge in [-0.1, -0.05) is 78.0 Å². The summed E-state index contributed by atoms with van der Waals surface area (Å²) in [5.41, 5.74) is 2.45. The normalized spacial score (nSPS) is 14.4. The van der Waals surface area contributed by atoms with Crippen LogP contribution in [0, 0.1) is 0 Å². The number of aromatic amines is 1. The second-order valence-electron chi connectivity index (χ2n) is 7.99. The molecule has 4 aromatic rings. The smallest absolute Gasteiger partial charge is 0.277 e. The number of rotatable bonds is 6. The van der Waals surface area contributed by atoms with Crippen LogP contribution in [0.4, 0.5) is 5.69 Å². The van der Waals surface area contributed by atoms with E-state index in [1.165, 1.54) is 4.68 Å². The first-order valence-corrected chi connectivity index (χ1v) is 12.2. The zero-order chi connectivity index (χ0) is 23.5. The number of hydrogen-bond acceptors (Lipinski definition) is 6. The fourth-order valence-corrected chi connectivity index (χ4v) is 5.27. The van der Waals surface area contributed by atoms with Crippen molar-refractivity contribution in [2.45, 2.75) is 15.8 Å². The Hall–Kier alpha value is -3.17. The average Bonchev–Trinajstić information content (AvgIpc) is 3.15. The zero-order valence-electron chi connectivity index (χ0n) is 19.0. The lowest BCUT2D eigenvalue weighted by Gasteiger charge is -2.30. The summed E-state index contributed by atoms with van der Waals surface area (Å²) >= 11 is 7.37. The highest BCUT2D eigenvalue weighted by Gasteiger charge is 2.22. The van der Waals surface area contributed by atoms with E-state index in [4.69, 9.17) is 16.3 Å². The summed E-state index contributed by atoms with van der Waals surface area (Å²) < 4.78 is 6.91. The lowest BCUT2D eigenvalue weighted by atomic mass is 9.98. The monoisotopic (exact) mass is 509 g/mol. The third-order valence-corrected chi connectivity index (χ3v) is 7.41. The number of anilines is 1. The molecule has 1 aliphatic rings. The van der Waals surface area contributed by atoms with Gasteiger partial charge in [0.05, 0.1) is 29.2 Å². The van der Waals surface area contributed by atoms with Gasteiger partial charge in [0.1, 0.15) is 0 Å². The molecule has 0 aliphatic carbocycles. The van der Waals surface area contributed by atoms with Crippen molar-refractivity contribution in [1.29, 1.82) is 0 Å². The van der Waals surface area contributed by atoms with E-state index in [2.05, 4.69) is 22.1 Å². The molecule has 1 atom stereocenters. The van der Waals surface area contributed by atoms with Gasteiger partial charge in [0, 0.05) is 29.6 Å². The van der Waals surface area contributed by atoms with Crippen molar-refractivity contribution in [3.05, 3.63) is 105 Å². The molecule has 0 saturated carbocycles. The first-order chi connectivity index (χ1) is 16.6. The van der Waals surface area contributed by atoms with E-state index in [1.807, 2.05) is 54.6 Å². The Kier molecular flexibility index (Phi) is 7.87. The highest BCUT2D eigenvalue weighted by Crippen LogP contribution is 2.38. The lowest BCUT2D eigenvalue weighted by Crippen LogP contribution is -2.36. The molecule has 7 nitrogen and oxygen atoms in total. The van der Waals surface area contributed by atoms with E-state index in [9.17, 15) is 9.90 Å². The Morgan fingerprint density at radius 1 is 0.943 bits per heavy atom. The van der Waals surface area contributed by atoms with E-state index in [0.717, 1.165) is 41.7 Å². The van der Waals surface area contributed by atoms with Crippen molar-refractivity contribution in [3.63, 3.8) is 0 Å². The maximum Gasteiger partial charge on any atom is 0.277 e. The summed E-state index contributed by atoms with van der Waals surface area (Å²) in [5.74, 6) is -0.374. The van der Waals surface area contributed by atoms with Crippen LogP contribution in [0.5, 0.6) is 5.88 Å². The van der Waals surface area contributed by atoms with Crippen LogP contribution in [0.2, 0.25) is 5.02 Å². The van der Waals surface area contributed by atoms with Gasteiger partial charge in [0.25, 0.3) is 5.56 Å². The number of hydrogen-bond donors (Lipinski definition) is 2. The summed E-state index contributed by atoms with van der Waals surface area (Å²) in [5, 5.41) is 16.8. The second kappa shape index (κ2) is 11.0. The zero-order valence-corrected chi connectivity index (χ0v) is 20.6. The predicted molar refractivity (Wildman–Crippen MR) is 138 cm³/mol. The molecule has 4 N–H and O–H groups in total. The van der Waals surface area contributed by atoms with Gasteiger partial charge in [-0.05, 0) is 35.4 Å². The summed E-state index contributed by atoms with van der Waals surface area (Å²) in [4.78, 5) is 15.9. The highest BCUT2D eigenvalue weighted by atomic mass is 35.5. The van der Waals surface area contributed by atoms with E-state index in [-0.39, 0.29) is 16.9 Å². The van der Waals surface area contributed by atoms with Crippen LogP contribution in [0.3, 0.4) is 0 Å². The lowest BCUT2D eigenvalue weighted by molar-refractivity contribution is -0.284. The molecule has 0 bridgehead atoms.